The van der Waals surface area contributed by atoms with Gasteiger partial charge in [0.2, 0.25) is 5.43 Å². The molecule has 0 atom stereocenters. The van der Waals surface area contributed by atoms with Crippen molar-refractivity contribution in [2.24, 2.45) is 0 Å². The van der Waals surface area contributed by atoms with Crippen molar-refractivity contribution >= 4 is 47.6 Å². The maximum atomic E-state index is 12.7. The molecule has 1 aromatic heterocycles. The first-order valence-corrected chi connectivity index (χ1v) is 8.80. The molecule has 0 aliphatic rings. The SMILES string of the molecule is COc1cc(S(=O)(=O)Cl)cc2c(=O)c3cc(C(=O)O)ccc3oc12. The lowest BCUT2D eigenvalue weighted by atomic mass is 10.1. The van der Waals surface area contributed by atoms with Crippen molar-refractivity contribution in [3.8, 4) is 5.75 Å². The van der Waals surface area contributed by atoms with Gasteiger partial charge in [-0.3, -0.25) is 4.79 Å². The molecule has 3 rings (SSSR count). The highest BCUT2D eigenvalue weighted by atomic mass is 35.7. The third-order valence-corrected chi connectivity index (χ3v) is 4.79. The molecule has 1 heterocycles. The molecular weight excluding hydrogens is 360 g/mol. The van der Waals surface area contributed by atoms with Crippen LogP contribution >= 0.6 is 10.7 Å². The largest absolute Gasteiger partial charge is 0.493 e. The molecule has 24 heavy (non-hydrogen) atoms. The molecule has 1 N–H and O–H groups in total. The van der Waals surface area contributed by atoms with Gasteiger partial charge in [-0.2, -0.15) is 0 Å². The Morgan fingerprint density at radius 3 is 2.50 bits per heavy atom. The number of benzene rings is 2. The second-order valence-electron chi connectivity index (χ2n) is 4.89. The Morgan fingerprint density at radius 1 is 1.21 bits per heavy atom. The van der Waals surface area contributed by atoms with E-state index >= 15 is 0 Å². The molecule has 3 aromatic rings. The van der Waals surface area contributed by atoms with E-state index in [1.54, 1.807) is 0 Å². The summed E-state index contributed by atoms with van der Waals surface area (Å²) in [4.78, 5) is 23.4. The van der Waals surface area contributed by atoms with Crippen molar-refractivity contribution in [1.29, 1.82) is 0 Å². The first kappa shape index (κ1) is 16.3. The number of rotatable bonds is 3. The highest BCUT2D eigenvalue weighted by Crippen LogP contribution is 2.31. The van der Waals surface area contributed by atoms with Crippen LogP contribution in [0, 0.1) is 0 Å². The van der Waals surface area contributed by atoms with Crippen LogP contribution in [0.5, 0.6) is 5.75 Å². The minimum Gasteiger partial charge on any atom is -0.493 e. The van der Waals surface area contributed by atoms with Gasteiger partial charge in [-0.05, 0) is 24.3 Å². The molecule has 0 unspecified atom stereocenters. The molecule has 0 saturated heterocycles. The molecule has 124 valence electrons. The summed E-state index contributed by atoms with van der Waals surface area (Å²) < 4.78 is 33.8. The number of methoxy groups -OCH3 is 1. The van der Waals surface area contributed by atoms with Gasteiger partial charge in [-0.25, -0.2) is 13.2 Å². The summed E-state index contributed by atoms with van der Waals surface area (Å²) in [5, 5.41) is 8.96. The van der Waals surface area contributed by atoms with Crippen molar-refractivity contribution in [3.05, 3.63) is 46.1 Å². The summed E-state index contributed by atoms with van der Waals surface area (Å²) in [6.45, 7) is 0. The average Bonchev–Trinajstić information content (AvgIpc) is 2.53. The zero-order valence-corrected chi connectivity index (χ0v) is 13.6. The van der Waals surface area contributed by atoms with Crippen LogP contribution in [0.25, 0.3) is 21.9 Å². The van der Waals surface area contributed by atoms with Crippen LogP contribution in [0.15, 0.2) is 44.4 Å². The Labute approximate surface area is 139 Å². The number of carbonyl (C=O) groups is 1. The van der Waals surface area contributed by atoms with Gasteiger partial charge in [0.1, 0.15) is 5.58 Å². The minimum absolute atomic E-state index is 0.00794. The van der Waals surface area contributed by atoms with E-state index in [0.717, 1.165) is 18.2 Å². The lowest BCUT2D eigenvalue weighted by molar-refractivity contribution is 0.0697. The fraction of sp³-hybridized carbons (Fsp3) is 0.0667. The number of ether oxygens (including phenoxy) is 1. The van der Waals surface area contributed by atoms with Crippen molar-refractivity contribution in [2.75, 3.05) is 7.11 Å². The van der Waals surface area contributed by atoms with Crippen molar-refractivity contribution < 1.29 is 27.5 Å². The molecule has 0 saturated carbocycles. The van der Waals surface area contributed by atoms with Gasteiger partial charge < -0.3 is 14.3 Å². The van der Waals surface area contributed by atoms with Crippen LogP contribution in [-0.2, 0) is 9.05 Å². The van der Waals surface area contributed by atoms with E-state index in [-0.39, 0.29) is 38.1 Å². The Kier molecular flexibility index (Phi) is 3.73. The van der Waals surface area contributed by atoms with E-state index in [9.17, 15) is 18.0 Å². The molecule has 0 aliphatic carbocycles. The molecule has 7 nitrogen and oxygen atoms in total. The standard InChI is InChI=1S/C15H9ClO7S/c1-22-12-6-8(24(16,20)21)5-10-13(17)9-4-7(15(18)19)2-3-11(9)23-14(10)12/h2-6H,1H3,(H,18,19). The molecule has 0 radical (unpaired) electrons. The molecule has 9 heteroatoms. The maximum Gasteiger partial charge on any atom is 0.335 e. The second kappa shape index (κ2) is 5.50. The van der Waals surface area contributed by atoms with Gasteiger partial charge in [0, 0.05) is 16.7 Å². The lowest BCUT2D eigenvalue weighted by Crippen LogP contribution is -2.06. The van der Waals surface area contributed by atoms with Crippen LogP contribution in [-0.4, -0.2) is 26.6 Å². The zero-order chi connectivity index (χ0) is 17.6. The normalized spacial score (nSPS) is 11.8. The quantitative estimate of drug-likeness (QED) is 0.558. The molecule has 0 aliphatic heterocycles. The van der Waals surface area contributed by atoms with Crippen LogP contribution in [0.4, 0.5) is 0 Å². The van der Waals surface area contributed by atoms with Crippen molar-refractivity contribution in [3.63, 3.8) is 0 Å². The Balaban J connectivity index is 2.51. The third kappa shape index (κ3) is 2.59. The van der Waals surface area contributed by atoms with Crippen molar-refractivity contribution in [2.45, 2.75) is 4.90 Å². The fourth-order valence-corrected chi connectivity index (χ4v) is 3.10. The second-order valence-corrected chi connectivity index (χ2v) is 7.45. The summed E-state index contributed by atoms with van der Waals surface area (Å²) in [7, 11) is 2.52. The van der Waals surface area contributed by atoms with E-state index in [0.29, 0.717) is 0 Å². The summed E-state index contributed by atoms with van der Waals surface area (Å²) >= 11 is 0. The van der Waals surface area contributed by atoms with Gasteiger partial charge in [0.25, 0.3) is 9.05 Å². The summed E-state index contributed by atoms with van der Waals surface area (Å²) in [6.07, 6.45) is 0. The van der Waals surface area contributed by atoms with E-state index in [1.807, 2.05) is 0 Å². The molecular formula is C15H9ClO7S. The Morgan fingerprint density at radius 2 is 1.92 bits per heavy atom. The number of fused-ring (bicyclic) bond motifs is 2. The lowest BCUT2D eigenvalue weighted by Gasteiger charge is -2.08. The van der Waals surface area contributed by atoms with E-state index in [2.05, 4.69) is 0 Å². The predicted molar refractivity (Wildman–Crippen MR) is 86.5 cm³/mol. The maximum absolute atomic E-state index is 12.7. The minimum atomic E-state index is -4.10. The zero-order valence-electron chi connectivity index (χ0n) is 12.1. The van der Waals surface area contributed by atoms with Gasteiger partial charge in [0.15, 0.2) is 11.3 Å². The highest BCUT2D eigenvalue weighted by Gasteiger charge is 2.19. The molecule has 0 bridgehead atoms. The molecule has 2 aromatic carbocycles. The summed E-state index contributed by atoms with van der Waals surface area (Å²) in [5.74, 6) is -1.18. The smallest absolute Gasteiger partial charge is 0.335 e. The number of carboxylic acid groups (broad SMARTS) is 1. The molecule has 0 fully saturated rings. The van der Waals surface area contributed by atoms with Gasteiger partial charge in [0.05, 0.1) is 28.3 Å². The summed E-state index contributed by atoms with van der Waals surface area (Å²) in [6, 6.07) is 6.02. The topological polar surface area (TPSA) is 111 Å². The first-order chi connectivity index (χ1) is 11.2. The summed E-state index contributed by atoms with van der Waals surface area (Å²) in [5.41, 5.74) is -0.489. The first-order valence-electron chi connectivity index (χ1n) is 6.49. The van der Waals surface area contributed by atoms with E-state index in [4.69, 9.17) is 24.9 Å². The highest BCUT2D eigenvalue weighted by molar-refractivity contribution is 8.13. The van der Waals surface area contributed by atoms with Gasteiger partial charge in [-0.1, -0.05) is 0 Å². The number of halogens is 1. The number of carboxylic acids is 1. The van der Waals surface area contributed by atoms with Gasteiger partial charge >= 0.3 is 5.97 Å². The third-order valence-electron chi connectivity index (χ3n) is 3.46. The van der Waals surface area contributed by atoms with E-state index in [1.165, 1.54) is 19.2 Å². The Hall–Kier alpha value is -2.58. The van der Waals surface area contributed by atoms with Crippen LogP contribution < -0.4 is 10.2 Å². The molecule has 0 spiro atoms. The van der Waals surface area contributed by atoms with Crippen LogP contribution in [0.1, 0.15) is 10.4 Å². The Bertz CT molecular complexity index is 1160. The number of aromatic carboxylic acids is 1. The number of hydrogen-bond acceptors (Lipinski definition) is 6. The van der Waals surface area contributed by atoms with Crippen molar-refractivity contribution in [1.82, 2.24) is 0 Å². The van der Waals surface area contributed by atoms with Gasteiger partial charge in [-0.15, -0.1) is 0 Å². The monoisotopic (exact) mass is 368 g/mol. The van der Waals surface area contributed by atoms with Crippen LogP contribution in [0.2, 0.25) is 0 Å². The van der Waals surface area contributed by atoms with E-state index < -0.39 is 20.4 Å². The predicted octanol–water partition coefficient (Wildman–Crippen LogP) is 2.58. The molecule has 0 amide bonds. The number of hydrogen-bond donors (Lipinski definition) is 1. The average molecular weight is 369 g/mol. The fourth-order valence-electron chi connectivity index (χ4n) is 2.33. The van der Waals surface area contributed by atoms with Crippen LogP contribution in [0.3, 0.4) is 0 Å².